The minimum absolute atomic E-state index is 0.548. The van der Waals surface area contributed by atoms with Crippen molar-refractivity contribution in [3.63, 3.8) is 0 Å². The van der Waals surface area contributed by atoms with Gasteiger partial charge in [-0.05, 0) is 23.1 Å². The SMILES string of the molecule is CC(C)c1ccc(-c2cn3cc(CN)ccc3n2)cc1. The van der Waals surface area contributed by atoms with Gasteiger partial charge in [0, 0.05) is 24.5 Å². The molecule has 2 N–H and O–H groups in total. The highest BCUT2D eigenvalue weighted by molar-refractivity contribution is 5.63. The lowest BCUT2D eigenvalue weighted by atomic mass is 10.0. The van der Waals surface area contributed by atoms with E-state index >= 15 is 0 Å². The van der Waals surface area contributed by atoms with Crippen molar-refractivity contribution in [2.75, 3.05) is 0 Å². The van der Waals surface area contributed by atoms with Gasteiger partial charge in [-0.2, -0.15) is 0 Å². The van der Waals surface area contributed by atoms with Gasteiger partial charge in [-0.3, -0.25) is 0 Å². The van der Waals surface area contributed by atoms with Crippen molar-refractivity contribution in [1.82, 2.24) is 9.38 Å². The van der Waals surface area contributed by atoms with Crippen LogP contribution in [0.1, 0.15) is 30.9 Å². The van der Waals surface area contributed by atoms with Crippen LogP contribution in [0.2, 0.25) is 0 Å². The summed E-state index contributed by atoms with van der Waals surface area (Å²) in [5.74, 6) is 0.553. The second kappa shape index (κ2) is 5.10. The Labute approximate surface area is 119 Å². The zero-order chi connectivity index (χ0) is 14.1. The first-order valence-corrected chi connectivity index (χ1v) is 6.95. The molecule has 3 heteroatoms. The third-order valence-electron chi connectivity index (χ3n) is 3.62. The third-order valence-corrected chi connectivity index (χ3v) is 3.62. The zero-order valence-electron chi connectivity index (χ0n) is 11.9. The molecular formula is C17H19N3. The highest BCUT2D eigenvalue weighted by Crippen LogP contribution is 2.22. The van der Waals surface area contributed by atoms with Crippen LogP contribution in [0.5, 0.6) is 0 Å². The monoisotopic (exact) mass is 265 g/mol. The van der Waals surface area contributed by atoms with E-state index in [-0.39, 0.29) is 0 Å². The van der Waals surface area contributed by atoms with Crippen molar-refractivity contribution in [3.05, 3.63) is 59.9 Å². The molecular weight excluding hydrogens is 246 g/mol. The molecule has 3 nitrogen and oxygen atoms in total. The van der Waals surface area contributed by atoms with Crippen LogP contribution in [0.25, 0.3) is 16.9 Å². The van der Waals surface area contributed by atoms with E-state index in [4.69, 9.17) is 5.73 Å². The van der Waals surface area contributed by atoms with Crippen molar-refractivity contribution in [3.8, 4) is 11.3 Å². The summed E-state index contributed by atoms with van der Waals surface area (Å²) in [7, 11) is 0. The number of fused-ring (bicyclic) bond motifs is 1. The molecule has 3 aromatic rings. The van der Waals surface area contributed by atoms with Gasteiger partial charge in [0.1, 0.15) is 5.65 Å². The van der Waals surface area contributed by atoms with E-state index in [9.17, 15) is 0 Å². The van der Waals surface area contributed by atoms with Crippen LogP contribution in [0, 0.1) is 0 Å². The number of hydrogen-bond acceptors (Lipinski definition) is 2. The summed E-state index contributed by atoms with van der Waals surface area (Å²) >= 11 is 0. The molecule has 0 spiro atoms. The second-order valence-corrected chi connectivity index (χ2v) is 5.41. The van der Waals surface area contributed by atoms with Crippen LogP contribution in [0.3, 0.4) is 0 Å². The Morgan fingerprint density at radius 3 is 2.45 bits per heavy atom. The number of rotatable bonds is 3. The molecule has 0 amide bonds. The topological polar surface area (TPSA) is 43.3 Å². The third kappa shape index (κ3) is 2.32. The van der Waals surface area contributed by atoms with Gasteiger partial charge in [0.25, 0.3) is 0 Å². The fourth-order valence-electron chi connectivity index (χ4n) is 2.34. The number of pyridine rings is 1. The predicted octanol–water partition coefficient (Wildman–Crippen LogP) is 3.58. The second-order valence-electron chi connectivity index (χ2n) is 5.41. The van der Waals surface area contributed by atoms with E-state index in [1.165, 1.54) is 5.56 Å². The number of imidazole rings is 1. The Morgan fingerprint density at radius 1 is 1.05 bits per heavy atom. The van der Waals surface area contributed by atoms with Gasteiger partial charge in [0.2, 0.25) is 0 Å². The van der Waals surface area contributed by atoms with Crippen molar-refractivity contribution in [2.24, 2.45) is 5.73 Å². The highest BCUT2D eigenvalue weighted by Gasteiger charge is 2.06. The quantitative estimate of drug-likeness (QED) is 0.786. The zero-order valence-corrected chi connectivity index (χ0v) is 11.9. The molecule has 3 rings (SSSR count). The van der Waals surface area contributed by atoms with Gasteiger partial charge < -0.3 is 10.1 Å². The molecule has 0 saturated heterocycles. The first kappa shape index (κ1) is 12.9. The summed E-state index contributed by atoms with van der Waals surface area (Å²) in [5.41, 5.74) is 11.2. The van der Waals surface area contributed by atoms with Crippen LogP contribution < -0.4 is 5.73 Å². The number of benzene rings is 1. The average molecular weight is 265 g/mol. The van der Waals surface area contributed by atoms with E-state index in [2.05, 4.69) is 49.3 Å². The van der Waals surface area contributed by atoms with Crippen LogP contribution in [-0.4, -0.2) is 9.38 Å². The largest absolute Gasteiger partial charge is 0.326 e. The van der Waals surface area contributed by atoms with Gasteiger partial charge in [-0.15, -0.1) is 0 Å². The molecule has 102 valence electrons. The number of hydrogen-bond donors (Lipinski definition) is 1. The molecule has 0 aliphatic heterocycles. The molecule has 0 bridgehead atoms. The maximum absolute atomic E-state index is 5.67. The van der Waals surface area contributed by atoms with Crippen LogP contribution >= 0.6 is 0 Å². The first-order chi connectivity index (χ1) is 9.67. The highest BCUT2D eigenvalue weighted by atomic mass is 15.0. The van der Waals surface area contributed by atoms with E-state index in [1.807, 2.05) is 22.7 Å². The molecule has 20 heavy (non-hydrogen) atoms. The Kier molecular flexibility index (Phi) is 3.28. The fourth-order valence-corrected chi connectivity index (χ4v) is 2.34. The lowest BCUT2D eigenvalue weighted by Crippen LogP contribution is -1.97. The van der Waals surface area contributed by atoms with Gasteiger partial charge in [-0.1, -0.05) is 44.2 Å². The molecule has 2 heterocycles. The summed E-state index contributed by atoms with van der Waals surface area (Å²) in [4.78, 5) is 4.66. The van der Waals surface area contributed by atoms with Crippen LogP contribution in [0.15, 0.2) is 48.8 Å². The summed E-state index contributed by atoms with van der Waals surface area (Å²) in [5, 5.41) is 0. The fraction of sp³-hybridized carbons (Fsp3) is 0.235. The van der Waals surface area contributed by atoms with Crippen molar-refractivity contribution in [2.45, 2.75) is 26.3 Å². The Morgan fingerprint density at radius 2 is 1.80 bits per heavy atom. The Bertz CT molecular complexity index is 724. The number of aromatic nitrogens is 2. The summed E-state index contributed by atoms with van der Waals surface area (Å²) < 4.78 is 2.04. The lowest BCUT2D eigenvalue weighted by molar-refractivity contribution is 0.867. The van der Waals surface area contributed by atoms with Crippen molar-refractivity contribution < 1.29 is 0 Å². The first-order valence-electron chi connectivity index (χ1n) is 6.95. The predicted molar refractivity (Wildman–Crippen MR) is 82.6 cm³/mol. The summed E-state index contributed by atoms with van der Waals surface area (Å²) in [6.45, 7) is 4.95. The normalized spacial score (nSPS) is 11.4. The van der Waals surface area contributed by atoms with Gasteiger partial charge in [0.05, 0.1) is 5.69 Å². The molecule has 0 aliphatic carbocycles. The van der Waals surface area contributed by atoms with E-state index < -0.39 is 0 Å². The van der Waals surface area contributed by atoms with Gasteiger partial charge >= 0.3 is 0 Å². The lowest BCUT2D eigenvalue weighted by Gasteiger charge is -2.05. The van der Waals surface area contributed by atoms with E-state index in [0.717, 1.165) is 22.5 Å². The standard InChI is InChI=1S/C17H19N3/c1-12(2)14-4-6-15(7-5-14)16-11-20-10-13(9-18)3-8-17(20)19-16/h3-8,10-12H,9,18H2,1-2H3. The van der Waals surface area contributed by atoms with Gasteiger partial charge in [-0.25, -0.2) is 4.98 Å². The summed E-state index contributed by atoms with van der Waals surface area (Å²) in [6.07, 6.45) is 4.09. The van der Waals surface area contributed by atoms with Crippen molar-refractivity contribution in [1.29, 1.82) is 0 Å². The molecule has 0 atom stereocenters. The number of nitrogens with two attached hydrogens (primary N) is 1. The maximum Gasteiger partial charge on any atom is 0.137 e. The molecule has 0 saturated carbocycles. The summed E-state index contributed by atoms with van der Waals surface area (Å²) in [6, 6.07) is 12.7. The Hall–Kier alpha value is -2.13. The molecule has 0 radical (unpaired) electrons. The van der Waals surface area contributed by atoms with Crippen LogP contribution in [0.4, 0.5) is 0 Å². The minimum Gasteiger partial charge on any atom is -0.326 e. The van der Waals surface area contributed by atoms with Gasteiger partial charge in [0.15, 0.2) is 0 Å². The maximum atomic E-state index is 5.67. The van der Waals surface area contributed by atoms with Crippen molar-refractivity contribution >= 4 is 5.65 Å². The molecule has 0 unspecified atom stereocenters. The average Bonchev–Trinajstić information content (AvgIpc) is 2.90. The van der Waals surface area contributed by atoms with Crippen LogP contribution in [-0.2, 0) is 6.54 Å². The molecule has 0 aliphatic rings. The van der Waals surface area contributed by atoms with E-state index in [1.54, 1.807) is 0 Å². The minimum atomic E-state index is 0.548. The van der Waals surface area contributed by atoms with E-state index in [0.29, 0.717) is 12.5 Å². The number of nitrogens with zero attached hydrogens (tertiary/aromatic N) is 2. The molecule has 2 aromatic heterocycles. The smallest absolute Gasteiger partial charge is 0.137 e. The molecule has 1 aromatic carbocycles. The Balaban J connectivity index is 2.01. The molecule has 0 fully saturated rings.